The number of likely N-dealkylation sites (tertiary alicyclic amines) is 1. The van der Waals surface area contributed by atoms with Gasteiger partial charge >= 0.3 is 11.9 Å². The van der Waals surface area contributed by atoms with E-state index in [0.717, 1.165) is 30.3 Å². The van der Waals surface area contributed by atoms with E-state index in [1.807, 2.05) is 6.07 Å². The standard InChI is InChI=1S/C24H25NO7/c26-15-7-8-24(30)17-11-14-3-4-16(31-19(29)6-5-18(27)28)21-20(14)23(24,22(15)32-21)9-10-25(17)12-13-1-2-13/h3-6,13,17,22,30H,1-2,7-12H2,(H,27,28)/b6-5+/t17-,22+,23?,24-/m1/s1. The van der Waals surface area contributed by atoms with Gasteiger partial charge in [-0.2, -0.15) is 0 Å². The topological polar surface area (TPSA) is 113 Å². The molecule has 3 fully saturated rings. The summed E-state index contributed by atoms with van der Waals surface area (Å²) < 4.78 is 11.6. The van der Waals surface area contributed by atoms with Gasteiger partial charge in [0.05, 0.1) is 11.0 Å². The highest BCUT2D eigenvalue weighted by Gasteiger charge is 2.73. The lowest BCUT2D eigenvalue weighted by Gasteiger charge is -2.62. The Kier molecular flexibility index (Phi) is 4.14. The van der Waals surface area contributed by atoms with Gasteiger partial charge in [-0.05, 0) is 56.2 Å². The average Bonchev–Trinajstić information content (AvgIpc) is 3.49. The first-order valence-corrected chi connectivity index (χ1v) is 11.3. The Balaban J connectivity index is 1.44. The van der Waals surface area contributed by atoms with E-state index in [0.29, 0.717) is 37.0 Å². The number of carbonyl (C=O) groups excluding carboxylic acids is 2. The molecule has 2 heterocycles. The van der Waals surface area contributed by atoms with Crippen molar-refractivity contribution in [3.63, 3.8) is 0 Å². The number of carboxylic acids is 1. The summed E-state index contributed by atoms with van der Waals surface area (Å²) in [5.74, 6) is -0.928. The first kappa shape index (κ1) is 19.9. The maximum Gasteiger partial charge on any atom is 0.336 e. The molecule has 0 amide bonds. The molecule has 2 saturated carbocycles. The summed E-state index contributed by atoms with van der Waals surface area (Å²) in [6.07, 6.45) is 5.16. The van der Waals surface area contributed by atoms with Crippen molar-refractivity contribution in [1.29, 1.82) is 0 Å². The number of carboxylic acid groups (broad SMARTS) is 1. The maximum atomic E-state index is 13.0. The van der Waals surface area contributed by atoms with Crippen LogP contribution in [0.4, 0.5) is 0 Å². The molecule has 1 unspecified atom stereocenters. The number of esters is 1. The number of aliphatic carboxylic acids is 1. The molecule has 0 aromatic heterocycles. The molecule has 5 aliphatic rings. The molecule has 8 nitrogen and oxygen atoms in total. The van der Waals surface area contributed by atoms with E-state index in [-0.39, 0.29) is 24.0 Å². The summed E-state index contributed by atoms with van der Waals surface area (Å²) in [5.41, 5.74) is -0.0981. The van der Waals surface area contributed by atoms with Gasteiger partial charge in [0.15, 0.2) is 23.4 Å². The molecule has 32 heavy (non-hydrogen) atoms. The van der Waals surface area contributed by atoms with Crippen LogP contribution in [0.2, 0.25) is 0 Å². The van der Waals surface area contributed by atoms with Crippen molar-refractivity contribution >= 4 is 17.7 Å². The molecule has 2 N–H and O–H groups in total. The first-order chi connectivity index (χ1) is 15.3. The second kappa shape index (κ2) is 6.65. The number of aliphatic hydroxyl groups is 1. The van der Waals surface area contributed by atoms with Crippen molar-refractivity contribution < 1.29 is 34.1 Å². The van der Waals surface area contributed by atoms with Crippen molar-refractivity contribution in [2.24, 2.45) is 5.92 Å². The Morgan fingerprint density at radius 3 is 2.81 bits per heavy atom. The van der Waals surface area contributed by atoms with E-state index in [9.17, 15) is 19.5 Å². The molecular formula is C24H25NO7. The van der Waals surface area contributed by atoms with Crippen molar-refractivity contribution in [3.05, 3.63) is 35.4 Å². The highest BCUT2D eigenvalue weighted by atomic mass is 16.6. The summed E-state index contributed by atoms with van der Waals surface area (Å²) in [6.45, 7) is 1.77. The van der Waals surface area contributed by atoms with E-state index in [2.05, 4.69) is 4.90 Å². The number of hydrogen-bond donors (Lipinski definition) is 2. The molecule has 8 heteroatoms. The number of benzene rings is 1. The molecule has 3 aliphatic carbocycles. The largest absolute Gasteiger partial charge is 0.478 e. The highest BCUT2D eigenvalue weighted by Crippen LogP contribution is 2.65. The van der Waals surface area contributed by atoms with Crippen LogP contribution in [0, 0.1) is 5.92 Å². The van der Waals surface area contributed by atoms with E-state index in [1.165, 1.54) is 12.8 Å². The fourth-order valence-corrected chi connectivity index (χ4v) is 6.62. The summed E-state index contributed by atoms with van der Waals surface area (Å²) >= 11 is 0. The van der Waals surface area contributed by atoms with Gasteiger partial charge in [-0.15, -0.1) is 0 Å². The summed E-state index contributed by atoms with van der Waals surface area (Å²) in [4.78, 5) is 38.3. The lowest BCUT2D eigenvalue weighted by atomic mass is 9.49. The predicted molar refractivity (Wildman–Crippen MR) is 111 cm³/mol. The SMILES string of the molecule is O=C(O)/C=C/C(=O)Oc1ccc2c3c1O[C@H]1C(=O)CC[C@@]4(O)[C@@H](C2)N(CC2CC2)CCC314. The molecule has 1 aromatic rings. The van der Waals surface area contributed by atoms with Crippen LogP contribution in [0.1, 0.15) is 43.2 Å². The molecule has 1 aromatic carbocycles. The molecule has 6 rings (SSSR count). The van der Waals surface area contributed by atoms with Crippen LogP contribution in [0.25, 0.3) is 0 Å². The third-order valence-corrected chi connectivity index (χ3v) is 8.12. The number of ketones is 1. The minimum absolute atomic E-state index is 0.0313. The summed E-state index contributed by atoms with van der Waals surface area (Å²) in [6, 6.07) is 3.47. The fourth-order valence-electron chi connectivity index (χ4n) is 6.62. The molecule has 1 saturated heterocycles. The number of piperidine rings is 1. The molecule has 1 spiro atoms. The van der Waals surface area contributed by atoms with Crippen LogP contribution in [0.15, 0.2) is 24.3 Å². The Bertz CT molecular complexity index is 1080. The van der Waals surface area contributed by atoms with E-state index >= 15 is 0 Å². The number of carbonyl (C=O) groups is 3. The zero-order valence-corrected chi connectivity index (χ0v) is 17.6. The van der Waals surface area contributed by atoms with Gasteiger partial charge in [0.1, 0.15) is 0 Å². The Morgan fingerprint density at radius 1 is 1.25 bits per heavy atom. The maximum absolute atomic E-state index is 13.0. The van der Waals surface area contributed by atoms with Gasteiger partial charge in [-0.25, -0.2) is 9.59 Å². The van der Waals surface area contributed by atoms with Crippen LogP contribution >= 0.6 is 0 Å². The van der Waals surface area contributed by atoms with Crippen LogP contribution in [0.3, 0.4) is 0 Å². The Morgan fingerprint density at radius 2 is 2.06 bits per heavy atom. The summed E-state index contributed by atoms with van der Waals surface area (Å²) in [7, 11) is 0. The van der Waals surface area contributed by atoms with Crippen molar-refractivity contribution in [3.8, 4) is 11.5 Å². The third kappa shape index (κ3) is 2.59. The zero-order valence-electron chi connectivity index (χ0n) is 17.6. The van der Waals surface area contributed by atoms with Gasteiger partial charge in [0, 0.05) is 36.7 Å². The highest BCUT2D eigenvalue weighted by molar-refractivity contribution is 5.93. The van der Waals surface area contributed by atoms with Gasteiger partial charge < -0.3 is 19.7 Å². The van der Waals surface area contributed by atoms with Gasteiger partial charge in [-0.1, -0.05) is 6.07 Å². The smallest absolute Gasteiger partial charge is 0.336 e. The lowest BCUT2D eigenvalue weighted by Crippen LogP contribution is -2.76. The van der Waals surface area contributed by atoms with E-state index in [4.69, 9.17) is 14.6 Å². The fraction of sp³-hybridized carbons (Fsp3) is 0.542. The van der Waals surface area contributed by atoms with Crippen LogP contribution in [-0.4, -0.2) is 63.7 Å². The lowest BCUT2D eigenvalue weighted by molar-refractivity contribution is -0.188. The molecular weight excluding hydrogens is 414 g/mol. The second-order valence-electron chi connectivity index (χ2n) is 9.79. The number of nitrogens with zero attached hydrogens (tertiary/aromatic N) is 1. The number of rotatable bonds is 5. The monoisotopic (exact) mass is 439 g/mol. The number of ether oxygens (including phenoxy) is 2. The predicted octanol–water partition coefficient (Wildman–Crippen LogP) is 1.37. The van der Waals surface area contributed by atoms with Gasteiger partial charge in [-0.3, -0.25) is 9.69 Å². The second-order valence-corrected chi connectivity index (χ2v) is 9.79. The van der Waals surface area contributed by atoms with Crippen molar-refractivity contribution in [2.75, 3.05) is 13.1 Å². The number of Topliss-reactive ketones (excluding diaryl/α,β-unsaturated/α-hetero) is 1. The van der Waals surface area contributed by atoms with Crippen molar-refractivity contribution in [1.82, 2.24) is 4.90 Å². The molecule has 168 valence electrons. The quantitative estimate of drug-likeness (QED) is 0.402. The van der Waals surface area contributed by atoms with Crippen LogP contribution in [0.5, 0.6) is 11.5 Å². The zero-order chi connectivity index (χ0) is 22.3. The molecule has 0 radical (unpaired) electrons. The Hall–Kier alpha value is -2.71. The van der Waals surface area contributed by atoms with Crippen molar-refractivity contribution in [2.45, 2.75) is 61.7 Å². The van der Waals surface area contributed by atoms with E-state index < -0.39 is 29.1 Å². The minimum Gasteiger partial charge on any atom is -0.478 e. The minimum atomic E-state index is -1.25. The average molecular weight is 439 g/mol. The number of hydrogen-bond acceptors (Lipinski definition) is 7. The third-order valence-electron chi connectivity index (χ3n) is 8.12. The Labute approximate surface area is 184 Å². The normalized spacial score (nSPS) is 34.8. The molecule has 4 atom stereocenters. The van der Waals surface area contributed by atoms with Crippen LogP contribution < -0.4 is 9.47 Å². The van der Waals surface area contributed by atoms with Crippen LogP contribution in [-0.2, 0) is 26.2 Å². The molecule has 2 bridgehead atoms. The molecule has 2 aliphatic heterocycles. The van der Waals surface area contributed by atoms with E-state index in [1.54, 1.807) is 6.07 Å². The van der Waals surface area contributed by atoms with Gasteiger partial charge in [0.25, 0.3) is 0 Å². The van der Waals surface area contributed by atoms with Gasteiger partial charge in [0.2, 0.25) is 0 Å². The summed E-state index contributed by atoms with van der Waals surface area (Å²) in [5, 5.41) is 20.9. The first-order valence-electron chi connectivity index (χ1n) is 11.3.